The van der Waals surface area contributed by atoms with Gasteiger partial charge in [-0.25, -0.2) is 0 Å². The average Bonchev–Trinajstić information content (AvgIpc) is 1.87. The number of β-lactam (4-membered cyclic amide) rings is 1. The molecule has 0 saturated carbocycles. The maximum absolute atomic E-state index is 10.8. The molecule has 0 aromatic rings. The Kier molecular flexibility index (Phi) is 1.62. The summed E-state index contributed by atoms with van der Waals surface area (Å²) >= 11 is 0. The van der Waals surface area contributed by atoms with Crippen molar-refractivity contribution in [3.8, 4) is 0 Å². The van der Waals surface area contributed by atoms with Crippen LogP contribution >= 0.6 is 0 Å². The first-order valence-corrected chi connectivity index (χ1v) is 3.43. The van der Waals surface area contributed by atoms with Gasteiger partial charge in [-0.1, -0.05) is 0 Å². The molecule has 1 aliphatic heterocycles. The van der Waals surface area contributed by atoms with E-state index in [1.54, 1.807) is 13.8 Å². The molecule has 1 atom stereocenters. The number of hydrogen-bond donors (Lipinski definition) is 1. The molecule has 0 aromatic heterocycles. The Hall–Kier alpha value is -1.06. The van der Waals surface area contributed by atoms with Gasteiger partial charge in [0.2, 0.25) is 5.91 Å². The standard InChI is InChI=1S/C7H11NO3/c1-4(9)11-6-7(2,3)5(10)8-6/h6H,1-3H3,(H,8,10)/t6-/m0/s1. The fourth-order valence-electron chi connectivity index (χ4n) is 0.870. The van der Waals surface area contributed by atoms with E-state index in [0.29, 0.717) is 0 Å². The maximum Gasteiger partial charge on any atom is 0.304 e. The van der Waals surface area contributed by atoms with Crippen molar-refractivity contribution in [3.63, 3.8) is 0 Å². The molecule has 1 fully saturated rings. The van der Waals surface area contributed by atoms with E-state index in [1.807, 2.05) is 0 Å². The van der Waals surface area contributed by atoms with Gasteiger partial charge < -0.3 is 10.1 Å². The largest absolute Gasteiger partial charge is 0.441 e. The molecule has 1 N–H and O–H groups in total. The quantitative estimate of drug-likeness (QED) is 0.431. The summed E-state index contributed by atoms with van der Waals surface area (Å²) in [6.45, 7) is 4.79. The molecule has 4 nitrogen and oxygen atoms in total. The van der Waals surface area contributed by atoms with Gasteiger partial charge in [-0.05, 0) is 13.8 Å². The molecule has 0 aliphatic carbocycles. The van der Waals surface area contributed by atoms with Crippen LogP contribution in [0.5, 0.6) is 0 Å². The fraction of sp³-hybridized carbons (Fsp3) is 0.714. The van der Waals surface area contributed by atoms with Gasteiger partial charge in [0.15, 0.2) is 6.23 Å². The zero-order chi connectivity index (χ0) is 8.65. The first kappa shape index (κ1) is 8.04. The summed E-state index contributed by atoms with van der Waals surface area (Å²) < 4.78 is 4.80. The highest BCUT2D eigenvalue weighted by Crippen LogP contribution is 2.30. The van der Waals surface area contributed by atoms with Gasteiger partial charge >= 0.3 is 5.97 Å². The molecule has 1 heterocycles. The summed E-state index contributed by atoms with van der Waals surface area (Å²) in [4.78, 5) is 21.3. The van der Waals surface area contributed by atoms with Crippen LogP contribution in [-0.4, -0.2) is 18.1 Å². The number of carbonyl (C=O) groups is 2. The van der Waals surface area contributed by atoms with Crippen LogP contribution in [0.15, 0.2) is 0 Å². The maximum atomic E-state index is 10.8. The normalized spacial score (nSPS) is 26.8. The summed E-state index contributed by atoms with van der Waals surface area (Å²) in [5.41, 5.74) is -0.564. The van der Waals surface area contributed by atoms with E-state index in [0.717, 1.165) is 0 Å². The molecule has 0 radical (unpaired) electrons. The molecule has 0 aromatic carbocycles. The van der Waals surface area contributed by atoms with Crippen LogP contribution in [0.3, 0.4) is 0 Å². The topological polar surface area (TPSA) is 55.4 Å². The SMILES string of the molecule is CC(=O)O[C@@H]1NC(=O)C1(C)C. The van der Waals surface area contributed by atoms with E-state index in [1.165, 1.54) is 6.92 Å². The van der Waals surface area contributed by atoms with Crippen molar-refractivity contribution >= 4 is 11.9 Å². The van der Waals surface area contributed by atoms with E-state index < -0.39 is 11.6 Å². The van der Waals surface area contributed by atoms with Gasteiger partial charge in [0.1, 0.15) is 0 Å². The lowest BCUT2D eigenvalue weighted by molar-refractivity contribution is -0.177. The second-order valence-corrected chi connectivity index (χ2v) is 3.18. The lowest BCUT2D eigenvalue weighted by Gasteiger charge is -2.41. The van der Waals surface area contributed by atoms with Crippen LogP contribution in [0.2, 0.25) is 0 Å². The highest BCUT2D eigenvalue weighted by molar-refractivity contribution is 5.89. The minimum absolute atomic E-state index is 0.0799. The van der Waals surface area contributed by atoms with E-state index in [4.69, 9.17) is 4.74 Å². The van der Waals surface area contributed by atoms with Crippen molar-refractivity contribution in [3.05, 3.63) is 0 Å². The predicted octanol–water partition coefficient (Wildman–Crippen LogP) is 0.0316. The second kappa shape index (κ2) is 2.22. The van der Waals surface area contributed by atoms with Crippen LogP contribution in [0.1, 0.15) is 20.8 Å². The Bertz CT molecular complexity index is 210. The number of rotatable bonds is 1. The zero-order valence-corrected chi connectivity index (χ0v) is 6.80. The van der Waals surface area contributed by atoms with E-state index in [-0.39, 0.29) is 11.9 Å². The molecule has 1 rings (SSSR count). The number of hydrogen-bond acceptors (Lipinski definition) is 3. The van der Waals surface area contributed by atoms with Crippen LogP contribution < -0.4 is 5.32 Å². The molecule has 0 bridgehead atoms. The summed E-state index contributed by atoms with van der Waals surface area (Å²) in [6, 6.07) is 0. The number of carbonyl (C=O) groups excluding carboxylic acids is 2. The third-order valence-electron chi connectivity index (χ3n) is 1.79. The molecule has 11 heavy (non-hydrogen) atoms. The Balaban J connectivity index is 2.53. The van der Waals surface area contributed by atoms with Crippen LogP contribution in [0.25, 0.3) is 0 Å². The first-order chi connectivity index (χ1) is 4.94. The van der Waals surface area contributed by atoms with Gasteiger partial charge in [-0.3, -0.25) is 9.59 Å². The Morgan fingerprint density at radius 1 is 1.64 bits per heavy atom. The van der Waals surface area contributed by atoms with Gasteiger partial charge in [-0.15, -0.1) is 0 Å². The van der Waals surface area contributed by atoms with Gasteiger partial charge in [0.25, 0.3) is 0 Å². The average molecular weight is 157 g/mol. The molecule has 0 spiro atoms. The fourth-order valence-corrected chi connectivity index (χ4v) is 0.870. The molecule has 4 heteroatoms. The highest BCUT2D eigenvalue weighted by atomic mass is 16.6. The zero-order valence-electron chi connectivity index (χ0n) is 6.80. The molecule has 62 valence electrons. The molecular formula is C7H11NO3. The Morgan fingerprint density at radius 3 is 2.45 bits per heavy atom. The van der Waals surface area contributed by atoms with E-state index >= 15 is 0 Å². The number of nitrogens with one attached hydrogen (secondary N) is 1. The van der Waals surface area contributed by atoms with E-state index in [9.17, 15) is 9.59 Å². The van der Waals surface area contributed by atoms with Crippen LogP contribution in [-0.2, 0) is 14.3 Å². The molecule has 1 amide bonds. The van der Waals surface area contributed by atoms with Gasteiger partial charge in [0, 0.05) is 6.92 Å². The van der Waals surface area contributed by atoms with E-state index in [2.05, 4.69) is 5.32 Å². The van der Waals surface area contributed by atoms with Crippen LogP contribution in [0.4, 0.5) is 0 Å². The van der Waals surface area contributed by atoms with Crippen molar-refractivity contribution in [2.45, 2.75) is 27.0 Å². The van der Waals surface area contributed by atoms with Crippen molar-refractivity contribution in [1.29, 1.82) is 0 Å². The number of ether oxygens (including phenoxy) is 1. The number of esters is 1. The van der Waals surface area contributed by atoms with Gasteiger partial charge in [0.05, 0.1) is 5.41 Å². The number of amides is 1. The summed E-state index contributed by atoms with van der Waals surface area (Å²) in [5.74, 6) is -0.452. The minimum atomic E-state index is -0.564. The Morgan fingerprint density at radius 2 is 2.18 bits per heavy atom. The first-order valence-electron chi connectivity index (χ1n) is 3.43. The molecular weight excluding hydrogens is 146 g/mol. The molecule has 1 saturated heterocycles. The van der Waals surface area contributed by atoms with Gasteiger partial charge in [-0.2, -0.15) is 0 Å². The van der Waals surface area contributed by atoms with Crippen molar-refractivity contribution in [2.75, 3.05) is 0 Å². The minimum Gasteiger partial charge on any atom is -0.441 e. The molecule has 0 unspecified atom stereocenters. The summed E-state index contributed by atoms with van der Waals surface area (Å²) in [7, 11) is 0. The smallest absolute Gasteiger partial charge is 0.304 e. The second-order valence-electron chi connectivity index (χ2n) is 3.18. The third kappa shape index (κ3) is 1.20. The van der Waals surface area contributed by atoms with Crippen molar-refractivity contribution < 1.29 is 14.3 Å². The third-order valence-corrected chi connectivity index (χ3v) is 1.79. The monoisotopic (exact) mass is 157 g/mol. The van der Waals surface area contributed by atoms with Crippen LogP contribution in [0, 0.1) is 5.41 Å². The Labute approximate surface area is 64.9 Å². The summed E-state index contributed by atoms with van der Waals surface area (Å²) in [5, 5.41) is 2.48. The van der Waals surface area contributed by atoms with Crippen molar-refractivity contribution in [1.82, 2.24) is 5.32 Å². The predicted molar refractivity (Wildman–Crippen MR) is 37.5 cm³/mol. The lowest BCUT2D eigenvalue weighted by Crippen LogP contribution is -2.65. The molecule has 1 aliphatic rings. The summed E-state index contributed by atoms with van der Waals surface area (Å²) in [6.07, 6.45) is -0.451. The highest BCUT2D eigenvalue weighted by Gasteiger charge is 2.49. The van der Waals surface area contributed by atoms with Crippen molar-refractivity contribution in [2.24, 2.45) is 5.41 Å². The lowest BCUT2D eigenvalue weighted by atomic mass is 9.83.